The monoisotopic (exact) mass is 1770 g/mol. The van der Waals surface area contributed by atoms with Crippen LogP contribution in [0.3, 0.4) is 0 Å². The fourth-order valence-corrected chi connectivity index (χ4v) is 17.8. The third kappa shape index (κ3) is 64.2. The Bertz CT molecular complexity index is 2580. The minimum atomic E-state index is -5.51. The summed E-state index contributed by atoms with van der Waals surface area (Å²) in [6, 6.07) is -3.24. The first-order valence-electron chi connectivity index (χ1n) is 51.6. The van der Waals surface area contributed by atoms with Gasteiger partial charge in [0, 0.05) is 25.7 Å². The molecule has 0 aromatic rings. The average molecular weight is 1770 g/mol. The van der Waals surface area contributed by atoms with Crippen LogP contribution in [-0.4, -0.2) is 148 Å². The fourth-order valence-electron chi connectivity index (χ4n) is 17.3. The summed E-state index contributed by atoms with van der Waals surface area (Å²) in [4.78, 5) is 106. The Morgan fingerprint density at radius 2 is 0.618 bits per heavy atom. The van der Waals surface area contributed by atoms with Gasteiger partial charge >= 0.3 is 31.7 Å². The summed E-state index contributed by atoms with van der Waals surface area (Å²) in [5.74, 6) is -2.28. The number of aliphatic hydroxyl groups is 3. The van der Waals surface area contributed by atoms with E-state index >= 15 is 0 Å². The molecule has 0 aromatic carbocycles. The van der Waals surface area contributed by atoms with Crippen LogP contribution in [0.15, 0.2) is 0 Å². The Hall–Kier alpha value is -3.31. The van der Waals surface area contributed by atoms with Crippen LogP contribution in [0.4, 0.5) is 0 Å². The largest absolute Gasteiger partial charge is 0.470 e. The predicted molar refractivity (Wildman–Crippen MR) is 494 cm³/mol. The molecule has 2 saturated heterocycles. The van der Waals surface area contributed by atoms with Crippen molar-refractivity contribution in [3.63, 3.8) is 0 Å². The Balaban J connectivity index is 2.62. The number of aliphatic hydroxyl groups excluding tert-OH is 3. The molecule has 724 valence electrons. The zero-order chi connectivity index (χ0) is 90.0. The van der Waals surface area contributed by atoms with Crippen LogP contribution in [0.1, 0.15) is 505 Å². The molecule has 7 N–H and O–H groups in total. The maximum Gasteiger partial charge on any atom is 0.470 e. The van der Waals surface area contributed by atoms with Gasteiger partial charge < -0.3 is 68.9 Å². The molecule has 2 heterocycles. The number of carbonyl (C=O) groups excluding carboxylic acids is 6. The van der Waals surface area contributed by atoms with Gasteiger partial charge in [-0.05, 0) is 63.2 Å². The van der Waals surface area contributed by atoms with Crippen LogP contribution in [0.2, 0.25) is 0 Å². The van der Waals surface area contributed by atoms with Gasteiger partial charge in [0.15, 0.2) is 24.8 Å². The predicted octanol–water partition coefficient (Wildman–Crippen LogP) is 24.6. The number of hydrogen-bond donors (Lipinski definition) is 7. The quantitative estimate of drug-likeness (QED) is 0.0129. The van der Waals surface area contributed by atoms with Crippen molar-refractivity contribution in [3.05, 3.63) is 0 Å². The SMILES string of the molecule is CCCCCCCCCCCCCCCC(=O)O[C@@H]1C(NC(=O)C[C@@H](CCCCCCCCCCC)OC(=O)CCCCCCCCCCCC(C)C)[C@H](O)OC(CO[C@@H]2OC(CO)[C@@H](OP(=O)(O)O)[C@H](OC(=O)CCCCCCCCCCCCC)C2NC(=O)C[C@@H](CCCCCCCCCCC)OC(=O)CCCCCCCCCCCC(C)C)[C@H]1O. The number of rotatable bonds is 86. The van der Waals surface area contributed by atoms with Gasteiger partial charge in [-0.15, -0.1) is 0 Å². The molecule has 23 heteroatoms. The maximum atomic E-state index is 15.0. The molecule has 0 bridgehead atoms. The molecule has 0 radical (unpaired) electrons. The lowest BCUT2D eigenvalue weighted by Crippen LogP contribution is -2.68. The molecule has 0 saturated carbocycles. The molecule has 2 rings (SSSR count). The number of phosphoric acid groups is 1. The smallest absolute Gasteiger partial charge is 0.462 e. The van der Waals surface area contributed by atoms with Gasteiger partial charge in [0.25, 0.3) is 0 Å². The summed E-state index contributed by atoms with van der Waals surface area (Å²) in [5.41, 5.74) is 0. The van der Waals surface area contributed by atoms with E-state index in [2.05, 4.69) is 66.0 Å². The molecule has 123 heavy (non-hydrogen) atoms. The summed E-state index contributed by atoms with van der Waals surface area (Å²) in [6.07, 6.45) is 50.4. The van der Waals surface area contributed by atoms with Crippen LogP contribution >= 0.6 is 7.82 Å². The normalized spacial score (nSPS) is 19.8. The summed E-state index contributed by atoms with van der Waals surface area (Å²) < 4.78 is 61.9. The summed E-state index contributed by atoms with van der Waals surface area (Å²) >= 11 is 0. The first-order chi connectivity index (χ1) is 59.5. The van der Waals surface area contributed by atoms with E-state index in [1.165, 1.54) is 186 Å². The second-order valence-electron chi connectivity index (χ2n) is 37.6. The summed E-state index contributed by atoms with van der Waals surface area (Å²) in [6.45, 7) is 16.2. The highest BCUT2D eigenvalue weighted by Crippen LogP contribution is 2.43. The maximum absolute atomic E-state index is 15.0. The molecule has 0 aromatic heterocycles. The van der Waals surface area contributed by atoms with Gasteiger partial charge in [0.2, 0.25) is 11.8 Å². The van der Waals surface area contributed by atoms with Crippen molar-refractivity contribution < 1.29 is 96.1 Å². The number of hydrogen-bond acceptors (Lipinski definition) is 18. The fraction of sp³-hybridized carbons (Fsp3) is 0.940. The van der Waals surface area contributed by atoms with Crippen molar-refractivity contribution in [1.82, 2.24) is 10.6 Å². The molecule has 0 spiro atoms. The van der Waals surface area contributed by atoms with E-state index in [4.69, 9.17) is 37.7 Å². The van der Waals surface area contributed by atoms with Crippen LogP contribution in [0.25, 0.3) is 0 Å². The van der Waals surface area contributed by atoms with Crippen LogP contribution < -0.4 is 10.6 Å². The van der Waals surface area contributed by atoms with Crippen molar-refractivity contribution >= 4 is 43.5 Å². The molecule has 2 aliphatic heterocycles. The standard InChI is InChI=1S/C100H189N2O20P/c1-9-13-17-21-25-29-31-32-34-42-51-59-67-75-91(108)120-97-93(101-87(104)77-83(71-63-55-47-37-27-23-19-15-11-3)116-89(106)73-65-57-49-43-35-39-45-53-61-69-81(5)6)99(111)118-86(95(97)110)80-115-100-94(98(96(85(79-103)119-100)122-123(112,113)114)121-92(109)76-68-60-52-41-33-30-26-22-18-14-10-2)102-88(105)78-84(72-64-56-48-38-28-24-20-16-12-4)117-90(107)74-66-58-50-44-36-40-46-54-62-70-82(7)8/h81-86,93-100,103,110-111H,9-80H2,1-8H3,(H,101,104)(H,102,105)(H2,112,113,114)/t83-,84-,85?,86?,93?,94?,95-,96-,97-,98-,99-,100-/m1/s1. The van der Waals surface area contributed by atoms with Gasteiger partial charge in [-0.25, -0.2) is 4.57 Å². The van der Waals surface area contributed by atoms with Crippen LogP contribution in [-0.2, 0) is 71.0 Å². The third-order valence-electron chi connectivity index (χ3n) is 24.9. The Kier molecular flexibility index (Phi) is 73.9. The number of phosphoric ester groups is 1. The van der Waals surface area contributed by atoms with Crippen LogP contribution in [0, 0.1) is 11.8 Å². The zero-order valence-electron chi connectivity index (χ0n) is 79.8. The van der Waals surface area contributed by atoms with Crippen molar-refractivity contribution in [1.29, 1.82) is 0 Å². The first kappa shape index (κ1) is 116. The lowest BCUT2D eigenvalue weighted by molar-refractivity contribution is -0.298. The zero-order valence-corrected chi connectivity index (χ0v) is 80.7. The van der Waals surface area contributed by atoms with E-state index in [0.29, 0.717) is 63.7 Å². The lowest BCUT2D eigenvalue weighted by Gasteiger charge is -2.46. The van der Waals surface area contributed by atoms with Gasteiger partial charge in [-0.1, -0.05) is 415 Å². The Labute approximate surface area is 749 Å². The lowest BCUT2D eigenvalue weighted by atomic mass is 9.95. The van der Waals surface area contributed by atoms with Crippen molar-refractivity contribution in [2.75, 3.05) is 13.2 Å². The number of amides is 2. The molecular weight excluding hydrogens is 1580 g/mol. The third-order valence-corrected chi connectivity index (χ3v) is 25.4. The topological polar surface area (TPSA) is 319 Å². The highest BCUT2D eigenvalue weighted by atomic mass is 31.2. The van der Waals surface area contributed by atoms with Gasteiger partial charge in [0.05, 0.1) is 26.1 Å². The van der Waals surface area contributed by atoms with E-state index in [9.17, 15) is 58.4 Å². The van der Waals surface area contributed by atoms with E-state index < -0.39 is 130 Å². The first-order valence-corrected chi connectivity index (χ1v) is 53.1. The summed E-state index contributed by atoms with van der Waals surface area (Å²) in [7, 11) is -5.51. The highest BCUT2D eigenvalue weighted by molar-refractivity contribution is 7.46. The second-order valence-corrected chi connectivity index (χ2v) is 38.8. The molecule has 22 nitrogen and oxygen atoms in total. The number of unbranched alkanes of at least 4 members (excludes halogenated alkanes) is 54. The number of esters is 4. The van der Waals surface area contributed by atoms with E-state index in [1.54, 1.807) is 0 Å². The van der Waals surface area contributed by atoms with Crippen LogP contribution in [0.5, 0.6) is 0 Å². The number of ether oxygens (including phenoxy) is 7. The molecule has 2 fully saturated rings. The average Bonchev–Trinajstić information content (AvgIpc) is 0.779. The number of nitrogens with one attached hydrogen (secondary N) is 2. The van der Waals surface area contributed by atoms with Crippen molar-refractivity contribution in [3.8, 4) is 0 Å². The van der Waals surface area contributed by atoms with Crippen molar-refractivity contribution in [2.45, 2.75) is 578 Å². The minimum absolute atomic E-state index is 0.0373. The Morgan fingerprint density at radius 1 is 0.341 bits per heavy atom. The van der Waals surface area contributed by atoms with Gasteiger partial charge in [-0.3, -0.25) is 33.3 Å². The van der Waals surface area contributed by atoms with Crippen molar-refractivity contribution in [2.24, 2.45) is 11.8 Å². The summed E-state index contributed by atoms with van der Waals surface area (Å²) in [5, 5.41) is 41.5. The molecule has 4 unspecified atom stereocenters. The molecular formula is C100H189N2O20P. The molecule has 12 atom stereocenters. The van der Waals surface area contributed by atoms with Gasteiger partial charge in [-0.2, -0.15) is 0 Å². The van der Waals surface area contributed by atoms with E-state index in [0.717, 1.165) is 173 Å². The minimum Gasteiger partial charge on any atom is -0.462 e. The van der Waals surface area contributed by atoms with E-state index in [-0.39, 0.29) is 38.5 Å². The molecule has 0 aliphatic carbocycles. The Morgan fingerprint density at radius 3 is 0.919 bits per heavy atom. The highest BCUT2D eigenvalue weighted by Gasteiger charge is 2.54. The van der Waals surface area contributed by atoms with Gasteiger partial charge in [0.1, 0.15) is 48.7 Å². The molecule has 2 aliphatic rings. The number of carbonyl (C=O) groups is 6. The van der Waals surface area contributed by atoms with E-state index in [1.807, 2.05) is 0 Å². The molecule has 2 amide bonds. The second kappa shape index (κ2) is 78.5.